The highest BCUT2D eigenvalue weighted by Crippen LogP contribution is 2.37. The maximum absolute atomic E-state index is 14.4. The van der Waals surface area contributed by atoms with E-state index in [9.17, 15) is 8.78 Å². The highest BCUT2D eigenvalue weighted by molar-refractivity contribution is 5.33. The van der Waals surface area contributed by atoms with Gasteiger partial charge in [0.05, 0.1) is 32.0 Å². The molecule has 158 valence electrons. The normalized spacial score (nSPS) is 28.3. The van der Waals surface area contributed by atoms with E-state index in [1.807, 2.05) is 0 Å². The van der Waals surface area contributed by atoms with Crippen molar-refractivity contribution in [1.82, 2.24) is 0 Å². The lowest BCUT2D eigenvalue weighted by atomic mass is 9.82. The monoisotopic (exact) mass is 396 g/mol. The van der Waals surface area contributed by atoms with Crippen LogP contribution in [0.5, 0.6) is 5.75 Å². The molecule has 1 heterocycles. The summed E-state index contributed by atoms with van der Waals surface area (Å²) in [6.45, 7) is 5.83. The fraction of sp³-hybridized carbons (Fsp3) is 0.739. The standard InChI is InChI=1S/C23H34F2O3/c1-3-5-18-9-6-16(14-27-18)15-28-19-10-7-17(8-11-19)20-12-13-21(26-4-2)23(25)22(20)24/h12-13,16-19H,3-11,14-15H2,1-2H3. The zero-order valence-corrected chi connectivity index (χ0v) is 17.2. The summed E-state index contributed by atoms with van der Waals surface area (Å²) in [7, 11) is 0. The SMILES string of the molecule is CCCC1CCC(COC2CCC(c3ccc(OCC)c(F)c3F)CC2)CO1. The van der Waals surface area contributed by atoms with Crippen LogP contribution in [0, 0.1) is 17.6 Å². The lowest BCUT2D eigenvalue weighted by Crippen LogP contribution is -2.31. The maximum atomic E-state index is 14.4. The van der Waals surface area contributed by atoms with Crippen LogP contribution < -0.4 is 4.74 Å². The largest absolute Gasteiger partial charge is 0.491 e. The molecular formula is C23H34F2O3. The van der Waals surface area contributed by atoms with Crippen molar-refractivity contribution in [2.45, 2.75) is 83.3 Å². The minimum Gasteiger partial charge on any atom is -0.491 e. The first-order valence-electron chi connectivity index (χ1n) is 11.0. The fourth-order valence-corrected chi connectivity index (χ4v) is 4.48. The van der Waals surface area contributed by atoms with Crippen LogP contribution in [0.15, 0.2) is 12.1 Å². The molecular weight excluding hydrogens is 362 g/mol. The van der Waals surface area contributed by atoms with Crippen LogP contribution in [-0.2, 0) is 9.47 Å². The van der Waals surface area contributed by atoms with Crippen molar-refractivity contribution in [3.8, 4) is 5.75 Å². The summed E-state index contributed by atoms with van der Waals surface area (Å²) in [6.07, 6.45) is 8.74. The molecule has 3 nitrogen and oxygen atoms in total. The molecule has 1 saturated heterocycles. The second-order valence-electron chi connectivity index (χ2n) is 8.21. The van der Waals surface area contributed by atoms with Crippen LogP contribution >= 0.6 is 0 Å². The van der Waals surface area contributed by atoms with Gasteiger partial charge in [-0.05, 0) is 69.4 Å². The Labute approximate surface area is 167 Å². The zero-order valence-electron chi connectivity index (χ0n) is 17.2. The Morgan fingerprint density at radius 2 is 1.79 bits per heavy atom. The molecule has 1 aromatic carbocycles. The Morgan fingerprint density at radius 3 is 2.43 bits per heavy atom. The summed E-state index contributed by atoms with van der Waals surface area (Å²) < 4.78 is 45.8. The Kier molecular flexibility index (Phi) is 8.10. The molecule has 28 heavy (non-hydrogen) atoms. The molecule has 0 aromatic heterocycles. The molecule has 0 amide bonds. The molecule has 5 heteroatoms. The quantitative estimate of drug-likeness (QED) is 0.539. The minimum absolute atomic E-state index is 0.00311. The van der Waals surface area contributed by atoms with Crippen molar-refractivity contribution in [2.24, 2.45) is 5.92 Å². The topological polar surface area (TPSA) is 27.7 Å². The van der Waals surface area contributed by atoms with E-state index in [1.54, 1.807) is 19.1 Å². The van der Waals surface area contributed by atoms with Crippen LogP contribution in [0.2, 0.25) is 0 Å². The van der Waals surface area contributed by atoms with Gasteiger partial charge >= 0.3 is 0 Å². The Bertz CT molecular complexity index is 606. The predicted octanol–water partition coefficient (Wildman–Crippen LogP) is 6.00. The number of benzene rings is 1. The van der Waals surface area contributed by atoms with Crippen molar-refractivity contribution >= 4 is 0 Å². The van der Waals surface area contributed by atoms with Crippen molar-refractivity contribution < 1.29 is 23.0 Å². The van der Waals surface area contributed by atoms with Crippen molar-refractivity contribution in [1.29, 1.82) is 0 Å². The van der Waals surface area contributed by atoms with Gasteiger partial charge in [-0.2, -0.15) is 4.39 Å². The second-order valence-corrected chi connectivity index (χ2v) is 8.21. The minimum atomic E-state index is -0.864. The third-order valence-electron chi connectivity index (χ3n) is 6.13. The molecule has 2 unspecified atom stereocenters. The van der Waals surface area contributed by atoms with Crippen LogP contribution in [0.4, 0.5) is 8.78 Å². The molecule has 0 N–H and O–H groups in total. The van der Waals surface area contributed by atoms with E-state index in [-0.39, 0.29) is 17.8 Å². The highest BCUT2D eigenvalue weighted by Gasteiger charge is 2.28. The van der Waals surface area contributed by atoms with E-state index >= 15 is 0 Å². The summed E-state index contributed by atoms with van der Waals surface area (Å²) in [5.41, 5.74) is 0.474. The average molecular weight is 397 g/mol. The molecule has 0 spiro atoms. The van der Waals surface area contributed by atoms with E-state index in [0.29, 0.717) is 24.2 Å². The van der Waals surface area contributed by atoms with E-state index < -0.39 is 11.6 Å². The first kappa shape index (κ1) is 21.5. The summed E-state index contributed by atoms with van der Waals surface area (Å²) in [5.74, 6) is -1.08. The molecule has 2 fully saturated rings. The summed E-state index contributed by atoms with van der Waals surface area (Å²) >= 11 is 0. The van der Waals surface area contributed by atoms with Crippen molar-refractivity contribution in [3.05, 3.63) is 29.3 Å². The van der Waals surface area contributed by atoms with Gasteiger partial charge < -0.3 is 14.2 Å². The second kappa shape index (κ2) is 10.5. The van der Waals surface area contributed by atoms with Gasteiger partial charge in [-0.15, -0.1) is 0 Å². The molecule has 1 aliphatic heterocycles. The van der Waals surface area contributed by atoms with Gasteiger partial charge in [-0.3, -0.25) is 0 Å². The Morgan fingerprint density at radius 1 is 1.00 bits per heavy atom. The smallest absolute Gasteiger partial charge is 0.200 e. The number of ether oxygens (including phenoxy) is 3. The third-order valence-corrected chi connectivity index (χ3v) is 6.13. The van der Waals surface area contributed by atoms with Gasteiger partial charge in [0.15, 0.2) is 11.6 Å². The van der Waals surface area contributed by atoms with Crippen LogP contribution in [0.25, 0.3) is 0 Å². The Balaban J connectivity index is 1.43. The lowest BCUT2D eigenvalue weighted by Gasteiger charge is -2.32. The number of hydrogen-bond donors (Lipinski definition) is 0. The van der Waals surface area contributed by atoms with Gasteiger partial charge in [0.1, 0.15) is 0 Å². The lowest BCUT2D eigenvalue weighted by molar-refractivity contribution is -0.0647. The predicted molar refractivity (Wildman–Crippen MR) is 106 cm³/mol. The molecule has 2 atom stereocenters. The average Bonchev–Trinajstić information content (AvgIpc) is 2.72. The maximum Gasteiger partial charge on any atom is 0.200 e. The van der Waals surface area contributed by atoms with Crippen molar-refractivity contribution in [2.75, 3.05) is 19.8 Å². The van der Waals surface area contributed by atoms with Gasteiger partial charge in [0.25, 0.3) is 0 Å². The number of rotatable bonds is 8. The zero-order chi connectivity index (χ0) is 19.9. The van der Waals surface area contributed by atoms with E-state index in [4.69, 9.17) is 14.2 Å². The van der Waals surface area contributed by atoms with Gasteiger partial charge in [-0.1, -0.05) is 19.4 Å². The van der Waals surface area contributed by atoms with Gasteiger partial charge in [0, 0.05) is 5.92 Å². The van der Waals surface area contributed by atoms with Crippen LogP contribution in [0.3, 0.4) is 0 Å². The summed E-state index contributed by atoms with van der Waals surface area (Å²) in [6, 6.07) is 3.23. The molecule has 3 rings (SSSR count). The number of halogens is 2. The van der Waals surface area contributed by atoms with Crippen LogP contribution in [-0.4, -0.2) is 32.0 Å². The fourth-order valence-electron chi connectivity index (χ4n) is 4.48. The first-order valence-corrected chi connectivity index (χ1v) is 11.0. The molecule has 1 saturated carbocycles. The first-order chi connectivity index (χ1) is 13.6. The molecule has 0 radical (unpaired) electrons. The summed E-state index contributed by atoms with van der Waals surface area (Å²) in [4.78, 5) is 0. The Hall–Kier alpha value is -1.20. The summed E-state index contributed by atoms with van der Waals surface area (Å²) in [5, 5.41) is 0. The molecule has 1 aliphatic carbocycles. The van der Waals surface area contributed by atoms with Crippen LogP contribution in [0.1, 0.15) is 76.7 Å². The van der Waals surface area contributed by atoms with E-state index in [0.717, 1.165) is 51.7 Å². The van der Waals surface area contributed by atoms with E-state index in [1.165, 1.54) is 12.8 Å². The van der Waals surface area contributed by atoms with E-state index in [2.05, 4.69) is 6.92 Å². The van der Waals surface area contributed by atoms with Crippen molar-refractivity contribution in [3.63, 3.8) is 0 Å². The molecule has 2 aliphatic rings. The number of hydrogen-bond acceptors (Lipinski definition) is 3. The molecule has 1 aromatic rings. The molecule has 0 bridgehead atoms. The van der Waals surface area contributed by atoms with Gasteiger partial charge in [-0.25, -0.2) is 4.39 Å². The third kappa shape index (κ3) is 5.44. The van der Waals surface area contributed by atoms with Gasteiger partial charge in [0.2, 0.25) is 5.82 Å². The highest BCUT2D eigenvalue weighted by atomic mass is 19.2.